The first-order valence-corrected chi connectivity index (χ1v) is 3.14. The molecule has 0 amide bonds. The van der Waals surface area contributed by atoms with Gasteiger partial charge >= 0.3 is 0 Å². The minimum Gasteiger partial charge on any atom is -0.396 e. The predicted octanol–water partition coefficient (Wildman–Crippen LogP) is -0.285. The number of nitrogens with two attached hydrogens (primary N) is 1. The third kappa shape index (κ3) is 77.1. The maximum atomic E-state index is 8.06. The first-order valence-electron chi connectivity index (χ1n) is 3.14. The maximum Gasteiger partial charge on any atom is 0.0483 e. The first-order chi connectivity index (χ1) is 4.15. The van der Waals surface area contributed by atoms with Crippen LogP contribution in [0.2, 0.25) is 0 Å². The summed E-state index contributed by atoms with van der Waals surface area (Å²) in [5.74, 6) is 0. The van der Waals surface area contributed by atoms with Crippen LogP contribution in [0.3, 0.4) is 0 Å². The van der Waals surface area contributed by atoms with Crippen LogP contribution in [-0.4, -0.2) is 29.5 Å². The van der Waals surface area contributed by atoms with Crippen LogP contribution in [0.25, 0.3) is 0 Å². The van der Waals surface area contributed by atoms with Gasteiger partial charge in [0, 0.05) is 12.7 Å². The van der Waals surface area contributed by atoms with Gasteiger partial charge in [0.05, 0.1) is 0 Å². The minimum atomic E-state index is -0.167. The highest BCUT2D eigenvalue weighted by atomic mass is 16.3. The van der Waals surface area contributed by atoms with Gasteiger partial charge in [0.1, 0.15) is 0 Å². The van der Waals surface area contributed by atoms with E-state index in [1.807, 2.05) is 0 Å². The van der Waals surface area contributed by atoms with Gasteiger partial charge in [-0.25, -0.2) is 0 Å². The molecule has 0 saturated carbocycles. The standard InChI is InChI=1S/C3H9NO.C3H8O/c4-2-1-3-5;1-3(2)4/h5H,1-4H2;3-4H,1-2H3. The summed E-state index contributed by atoms with van der Waals surface area (Å²) >= 11 is 0. The Morgan fingerprint density at radius 2 is 1.78 bits per heavy atom. The summed E-state index contributed by atoms with van der Waals surface area (Å²) in [6, 6.07) is 0. The summed E-state index contributed by atoms with van der Waals surface area (Å²) in [4.78, 5) is 0. The molecule has 0 atom stereocenters. The van der Waals surface area contributed by atoms with Crippen molar-refractivity contribution in [1.82, 2.24) is 0 Å². The molecule has 58 valence electrons. The van der Waals surface area contributed by atoms with Crippen LogP contribution in [0, 0.1) is 0 Å². The van der Waals surface area contributed by atoms with Gasteiger partial charge in [-0.15, -0.1) is 0 Å². The highest BCUT2D eigenvalue weighted by Gasteiger charge is 1.69. The molecule has 0 aromatic rings. The number of aliphatic hydroxyl groups excluding tert-OH is 2. The van der Waals surface area contributed by atoms with Crippen LogP contribution in [0.5, 0.6) is 0 Å². The Hall–Kier alpha value is -0.120. The van der Waals surface area contributed by atoms with Gasteiger partial charge in [-0.2, -0.15) is 0 Å². The summed E-state index contributed by atoms with van der Waals surface area (Å²) in [7, 11) is 0. The lowest BCUT2D eigenvalue weighted by molar-refractivity contribution is 0.216. The molecule has 0 aliphatic carbocycles. The Kier molecular flexibility index (Phi) is 14.0. The van der Waals surface area contributed by atoms with E-state index in [0.717, 1.165) is 6.42 Å². The summed E-state index contributed by atoms with van der Waals surface area (Å²) in [5, 5.41) is 16.0. The zero-order valence-corrected chi connectivity index (χ0v) is 6.17. The van der Waals surface area contributed by atoms with E-state index in [-0.39, 0.29) is 12.7 Å². The summed E-state index contributed by atoms with van der Waals surface area (Å²) < 4.78 is 0. The summed E-state index contributed by atoms with van der Waals surface area (Å²) in [6.07, 6.45) is 0.556. The van der Waals surface area contributed by atoms with E-state index in [0.29, 0.717) is 6.54 Å². The second kappa shape index (κ2) is 10.8. The van der Waals surface area contributed by atoms with Crippen molar-refractivity contribution >= 4 is 0 Å². The third-order valence-corrected chi connectivity index (χ3v) is 0.362. The van der Waals surface area contributed by atoms with Crippen molar-refractivity contribution in [3.63, 3.8) is 0 Å². The smallest absolute Gasteiger partial charge is 0.0483 e. The van der Waals surface area contributed by atoms with Crippen molar-refractivity contribution in [1.29, 1.82) is 0 Å². The quantitative estimate of drug-likeness (QED) is 0.487. The number of hydrogen-bond acceptors (Lipinski definition) is 3. The molecule has 0 bridgehead atoms. The topological polar surface area (TPSA) is 66.5 Å². The molecule has 0 fully saturated rings. The van der Waals surface area contributed by atoms with Gasteiger partial charge < -0.3 is 15.9 Å². The second-order valence-corrected chi connectivity index (χ2v) is 1.96. The molecule has 0 aromatic carbocycles. The molecule has 0 saturated heterocycles. The molecule has 0 heterocycles. The zero-order chi connectivity index (χ0) is 7.70. The Morgan fingerprint density at radius 1 is 1.44 bits per heavy atom. The molecule has 3 heteroatoms. The van der Waals surface area contributed by atoms with E-state index in [1.165, 1.54) is 0 Å². The van der Waals surface area contributed by atoms with E-state index < -0.39 is 0 Å². The highest BCUT2D eigenvalue weighted by molar-refractivity contribution is 4.28. The van der Waals surface area contributed by atoms with Gasteiger partial charge in [-0.1, -0.05) is 0 Å². The molecule has 3 nitrogen and oxygen atoms in total. The van der Waals surface area contributed by atoms with Crippen LogP contribution in [-0.2, 0) is 0 Å². The molecule has 9 heavy (non-hydrogen) atoms. The van der Waals surface area contributed by atoms with E-state index in [1.54, 1.807) is 13.8 Å². The van der Waals surface area contributed by atoms with Crippen LogP contribution in [0.4, 0.5) is 0 Å². The van der Waals surface area contributed by atoms with Crippen molar-refractivity contribution in [3.8, 4) is 0 Å². The van der Waals surface area contributed by atoms with Gasteiger partial charge in [-0.05, 0) is 26.8 Å². The molecule has 4 N–H and O–H groups in total. The molecular weight excluding hydrogens is 118 g/mol. The minimum absolute atomic E-state index is 0.167. The lowest BCUT2D eigenvalue weighted by Crippen LogP contribution is -1.99. The zero-order valence-electron chi connectivity index (χ0n) is 6.17. The van der Waals surface area contributed by atoms with Gasteiger partial charge in [0.15, 0.2) is 0 Å². The lowest BCUT2D eigenvalue weighted by Gasteiger charge is -1.80. The molecule has 0 spiro atoms. The van der Waals surface area contributed by atoms with Crippen LogP contribution < -0.4 is 5.73 Å². The molecular formula is C6H17NO2. The average molecular weight is 135 g/mol. The van der Waals surface area contributed by atoms with E-state index in [9.17, 15) is 0 Å². The Morgan fingerprint density at radius 3 is 1.78 bits per heavy atom. The Labute approximate surface area is 56.5 Å². The van der Waals surface area contributed by atoms with Crippen LogP contribution >= 0.6 is 0 Å². The molecule has 0 aliphatic rings. The molecule has 0 aliphatic heterocycles. The third-order valence-electron chi connectivity index (χ3n) is 0.362. The monoisotopic (exact) mass is 135 g/mol. The number of rotatable bonds is 2. The summed E-state index contributed by atoms with van der Waals surface area (Å²) in [6.45, 7) is 4.26. The second-order valence-electron chi connectivity index (χ2n) is 1.96. The van der Waals surface area contributed by atoms with Crippen molar-refractivity contribution < 1.29 is 10.2 Å². The van der Waals surface area contributed by atoms with Crippen molar-refractivity contribution in [2.45, 2.75) is 26.4 Å². The number of hydrogen-bond donors (Lipinski definition) is 3. The maximum absolute atomic E-state index is 8.06. The van der Waals surface area contributed by atoms with Gasteiger partial charge in [0.25, 0.3) is 0 Å². The molecule has 0 rings (SSSR count). The fourth-order valence-electron chi connectivity index (χ4n) is 0.0913. The largest absolute Gasteiger partial charge is 0.396 e. The first kappa shape index (κ1) is 11.6. The van der Waals surface area contributed by atoms with Crippen LogP contribution in [0.15, 0.2) is 0 Å². The fourth-order valence-corrected chi connectivity index (χ4v) is 0.0913. The number of aliphatic hydroxyl groups is 2. The predicted molar refractivity (Wildman–Crippen MR) is 38.1 cm³/mol. The highest BCUT2D eigenvalue weighted by Crippen LogP contribution is 1.65. The van der Waals surface area contributed by atoms with Crippen molar-refractivity contribution in [3.05, 3.63) is 0 Å². The van der Waals surface area contributed by atoms with E-state index in [2.05, 4.69) is 0 Å². The molecule has 0 aromatic heterocycles. The van der Waals surface area contributed by atoms with E-state index in [4.69, 9.17) is 15.9 Å². The fraction of sp³-hybridized carbons (Fsp3) is 1.00. The van der Waals surface area contributed by atoms with Crippen molar-refractivity contribution in [2.75, 3.05) is 13.2 Å². The SMILES string of the molecule is CC(C)O.NCCCO. The molecule has 0 radical (unpaired) electrons. The van der Waals surface area contributed by atoms with Crippen LogP contribution in [0.1, 0.15) is 20.3 Å². The van der Waals surface area contributed by atoms with Crippen molar-refractivity contribution in [2.24, 2.45) is 5.73 Å². The van der Waals surface area contributed by atoms with E-state index >= 15 is 0 Å². The molecule has 0 unspecified atom stereocenters. The van der Waals surface area contributed by atoms with Gasteiger partial charge in [0.2, 0.25) is 0 Å². The Balaban J connectivity index is 0. The lowest BCUT2D eigenvalue weighted by atomic mass is 10.5. The average Bonchev–Trinajstić information content (AvgIpc) is 1.66. The van der Waals surface area contributed by atoms with Gasteiger partial charge in [-0.3, -0.25) is 0 Å². The Bertz CT molecular complexity index is 35.3. The normalized spacial score (nSPS) is 8.67. The summed E-state index contributed by atoms with van der Waals surface area (Å²) in [5.41, 5.74) is 4.98.